The van der Waals surface area contributed by atoms with Gasteiger partial charge in [-0.15, -0.1) is 6.58 Å². The predicted octanol–water partition coefficient (Wildman–Crippen LogP) is 2.47. The van der Waals surface area contributed by atoms with Gasteiger partial charge in [0, 0.05) is 5.54 Å². The molecule has 0 bridgehead atoms. The number of nitrogens with two attached hydrogens (primary N) is 1. The van der Waals surface area contributed by atoms with Gasteiger partial charge in [0.05, 0.1) is 12.7 Å². The second-order valence-corrected chi connectivity index (χ2v) is 4.38. The molecule has 0 amide bonds. The van der Waals surface area contributed by atoms with Crippen molar-refractivity contribution in [3.8, 4) is 0 Å². The summed E-state index contributed by atoms with van der Waals surface area (Å²) in [5, 5.41) is 0. The molecule has 0 unspecified atom stereocenters. The lowest BCUT2D eigenvalue weighted by atomic mass is 9.81. The molecule has 2 N–H and O–H groups in total. The molecular weight excluding hydrogens is 214 g/mol. The fraction of sp³-hybridized carbons (Fsp3) is 0.357. The number of carbonyl (C=O) groups is 1. The van der Waals surface area contributed by atoms with Crippen molar-refractivity contribution in [2.24, 2.45) is 11.7 Å². The standard InChI is InChI=1S/C14H19NO2/c1-5-10(2)14(3,15)12-8-6-11(7-9-12)13(16)17-4/h5-10H,1,15H2,2-4H3/t10-,14+/m1/s1. The van der Waals surface area contributed by atoms with Crippen LogP contribution in [0.1, 0.15) is 29.8 Å². The molecule has 92 valence electrons. The molecule has 17 heavy (non-hydrogen) atoms. The first-order valence-electron chi connectivity index (χ1n) is 5.53. The van der Waals surface area contributed by atoms with Crippen molar-refractivity contribution in [1.82, 2.24) is 0 Å². The van der Waals surface area contributed by atoms with Crippen LogP contribution in [0, 0.1) is 5.92 Å². The Bertz CT molecular complexity index is 407. The van der Waals surface area contributed by atoms with Crippen molar-refractivity contribution in [3.05, 3.63) is 48.0 Å². The van der Waals surface area contributed by atoms with Gasteiger partial charge in [0.1, 0.15) is 0 Å². The van der Waals surface area contributed by atoms with Crippen LogP contribution in [0.4, 0.5) is 0 Å². The van der Waals surface area contributed by atoms with E-state index in [1.807, 2.05) is 32.1 Å². The topological polar surface area (TPSA) is 52.3 Å². The Kier molecular flexibility index (Phi) is 4.07. The maximum atomic E-state index is 11.3. The molecule has 0 aliphatic carbocycles. The Labute approximate surface area is 102 Å². The first kappa shape index (κ1) is 13.5. The molecule has 1 rings (SSSR count). The highest BCUT2D eigenvalue weighted by atomic mass is 16.5. The number of rotatable bonds is 4. The molecule has 3 nitrogen and oxygen atoms in total. The summed E-state index contributed by atoms with van der Waals surface area (Å²) in [4.78, 5) is 11.3. The van der Waals surface area contributed by atoms with Gasteiger partial charge < -0.3 is 10.5 Å². The first-order chi connectivity index (χ1) is 7.93. The van der Waals surface area contributed by atoms with Crippen LogP contribution in [-0.2, 0) is 10.3 Å². The Morgan fingerprint density at radius 2 is 2.00 bits per heavy atom. The van der Waals surface area contributed by atoms with Crippen molar-refractivity contribution < 1.29 is 9.53 Å². The third-order valence-electron chi connectivity index (χ3n) is 3.23. The number of carbonyl (C=O) groups excluding carboxylic acids is 1. The summed E-state index contributed by atoms with van der Waals surface area (Å²) in [5.41, 5.74) is 7.27. The first-order valence-corrected chi connectivity index (χ1v) is 5.53. The van der Waals surface area contributed by atoms with Gasteiger partial charge in [-0.3, -0.25) is 0 Å². The number of benzene rings is 1. The lowest BCUT2D eigenvalue weighted by molar-refractivity contribution is 0.0600. The van der Waals surface area contributed by atoms with E-state index in [1.165, 1.54) is 7.11 Å². The average Bonchev–Trinajstić information content (AvgIpc) is 2.36. The van der Waals surface area contributed by atoms with Crippen LogP contribution in [-0.4, -0.2) is 13.1 Å². The fourth-order valence-corrected chi connectivity index (χ4v) is 1.59. The Morgan fingerprint density at radius 3 is 2.41 bits per heavy atom. The van der Waals surface area contributed by atoms with E-state index in [-0.39, 0.29) is 11.9 Å². The number of ether oxygens (including phenoxy) is 1. The minimum atomic E-state index is -0.490. The van der Waals surface area contributed by atoms with Crippen LogP contribution >= 0.6 is 0 Å². The Hall–Kier alpha value is -1.61. The second kappa shape index (κ2) is 5.15. The number of hydrogen-bond acceptors (Lipinski definition) is 3. The van der Waals surface area contributed by atoms with E-state index in [0.29, 0.717) is 5.56 Å². The molecule has 2 atom stereocenters. The molecule has 3 heteroatoms. The molecule has 0 radical (unpaired) electrons. The molecule has 0 aromatic heterocycles. The summed E-state index contributed by atoms with van der Waals surface area (Å²) in [6.45, 7) is 7.72. The smallest absolute Gasteiger partial charge is 0.337 e. The molecule has 0 aliphatic rings. The van der Waals surface area contributed by atoms with E-state index in [0.717, 1.165) is 5.56 Å². The summed E-state index contributed by atoms with van der Waals surface area (Å²) in [5.74, 6) is -0.196. The molecule has 0 heterocycles. The third-order valence-corrected chi connectivity index (χ3v) is 3.23. The van der Waals surface area contributed by atoms with Gasteiger partial charge in [-0.1, -0.05) is 25.1 Å². The third kappa shape index (κ3) is 2.74. The van der Waals surface area contributed by atoms with Crippen LogP contribution in [0.5, 0.6) is 0 Å². The van der Waals surface area contributed by atoms with Gasteiger partial charge in [0.2, 0.25) is 0 Å². The van der Waals surface area contributed by atoms with Crippen molar-refractivity contribution in [2.45, 2.75) is 19.4 Å². The van der Waals surface area contributed by atoms with E-state index in [2.05, 4.69) is 11.3 Å². The summed E-state index contributed by atoms with van der Waals surface area (Å²) >= 11 is 0. The van der Waals surface area contributed by atoms with Crippen LogP contribution in [0.15, 0.2) is 36.9 Å². The maximum absolute atomic E-state index is 11.3. The molecule has 0 spiro atoms. The zero-order chi connectivity index (χ0) is 13.1. The highest BCUT2D eigenvalue weighted by molar-refractivity contribution is 5.89. The second-order valence-electron chi connectivity index (χ2n) is 4.38. The molecule has 0 saturated heterocycles. The van der Waals surface area contributed by atoms with E-state index < -0.39 is 5.54 Å². The fourth-order valence-electron chi connectivity index (χ4n) is 1.59. The number of methoxy groups -OCH3 is 1. The zero-order valence-corrected chi connectivity index (χ0v) is 10.6. The van der Waals surface area contributed by atoms with E-state index in [4.69, 9.17) is 5.73 Å². The Balaban J connectivity index is 3.02. The molecule has 0 saturated carbocycles. The van der Waals surface area contributed by atoms with Crippen LogP contribution in [0.3, 0.4) is 0 Å². The van der Waals surface area contributed by atoms with E-state index >= 15 is 0 Å². The van der Waals surface area contributed by atoms with Crippen LogP contribution in [0.2, 0.25) is 0 Å². The van der Waals surface area contributed by atoms with Gasteiger partial charge >= 0.3 is 5.97 Å². The SMILES string of the molecule is C=C[C@@H](C)[C@](C)(N)c1ccc(C(=O)OC)cc1. The number of hydrogen-bond donors (Lipinski definition) is 1. The van der Waals surface area contributed by atoms with Crippen LogP contribution in [0.25, 0.3) is 0 Å². The maximum Gasteiger partial charge on any atom is 0.337 e. The Morgan fingerprint density at radius 1 is 1.47 bits per heavy atom. The average molecular weight is 233 g/mol. The lowest BCUT2D eigenvalue weighted by Crippen LogP contribution is -2.38. The summed E-state index contributed by atoms with van der Waals surface area (Å²) < 4.78 is 4.64. The van der Waals surface area contributed by atoms with Gasteiger partial charge in [-0.25, -0.2) is 4.79 Å². The van der Waals surface area contributed by atoms with E-state index in [1.54, 1.807) is 12.1 Å². The summed E-state index contributed by atoms with van der Waals surface area (Å²) in [7, 11) is 1.36. The highest BCUT2D eigenvalue weighted by Crippen LogP contribution is 2.27. The highest BCUT2D eigenvalue weighted by Gasteiger charge is 2.26. The molecule has 0 fully saturated rings. The van der Waals surface area contributed by atoms with Gasteiger partial charge in [0.15, 0.2) is 0 Å². The van der Waals surface area contributed by atoms with Crippen molar-refractivity contribution in [3.63, 3.8) is 0 Å². The molecule has 1 aromatic carbocycles. The van der Waals surface area contributed by atoms with Gasteiger partial charge in [0.25, 0.3) is 0 Å². The molecule has 1 aromatic rings. The van der Waals surface area contributed by atoms with Crippen molar-refractivity contribution in [2.75, 3.05) is 7.11 Å². The largest absolute Gasteiger partial charge is 0.465 e. The quantitative estimate of drug-likeness (QED) is 0.642. The van der Waals surface area contributed by atoms with E-state index in [9.17, 15) is 4.79 Å². The number of esters is 1. The van der Waals surface area contributed by atoms with Crippen molar-refractivity contribution in [1.29, 1.82) is 0 Å². The zero-order valence-electron chi connectivity index (χ0n) is 10.6. The van der Waals surface area contributed by atoms with Crippen LogP contribution < -0.4 is 5.73 Å². The molecule has 0 aliphatic heterocycles. The minimum absolute atomic E-state index is 0.145. The van der Waals surface area contributed by atoms with Gasteiger partial charge in [-0.05, 0) is 30.5 Å². The van der Waals surface area contributed by atoms with Gasteiger partial charge in [-0.2, -0.15) is 0 Å². The minimum Gasteiger partial charge on any atom is -0.465 e. The van der Waals surface area contributed by atoms with Crippen molar-refractivity contribution >= 4 is 5.97 Å². The molecular formula is C14H19NO2. The lowest BCUT2D eigenvalue weighted by Gasteiger charge is -2.30. The summed E-state index contributed by atoms with van der Waals surface area (Å²) in [6, 6.07) is 7.16. The predicted molar refractivity (Wildman–Crippen MR) is 68.7 cm³/mol. The monoisotopic (exact) mass is 233 g/mol. The normalized spacial score (nSPS) is 15.8. The summed E-state index contributed by atoms with van der Waals surface area (Å²) in [6.07, 6.45) is 1.83.